The van der Waals surface area contributed by atoms with Crippen molar-refractivity contribution >= 4 is 12.1 Å². The Balaban J connectivity index is 2.14. The smallest absolute Gasteiger partial charge is 0.407 e. The fraction of sp³-hybridized carbons (Fsp3) is 0.778. The predicted molar refractivity (Wildman–Crippen MR) is 50.3 cm³/mol. The Bertz CT molecular complexity index is 225. The lowest BCUT2D eigenvalue weighted by Crippen LogP contribution is -2.34. The summed E-state index contributed by atoms with van der Waals surface area (Å²) in [5, 5.41) is 2.25. The quantitative estimate of drug-likeness (QED) is 0.677. The first-order valence-electron chi connectivity index (χ1n) is 4.81. The van der Waals surface area contributed by atoms with Gasteiger partial charge in [-0.05, 0) is 0 Å². The minimum atomic E-state index is -0.640. The summed E-state index contributed by atoms with van der Waals surface area (Å²) in [6.45, 7) is 1.06. The topological polar surface area (TPSA) is 73.9 Å². The minimum Gasteiger partial charge on any atom is -0.461 e. The highest BCUT2D eigenvalue weighted by Crippen LogP contribution is 2.10. The molecule has 1 fully saturated rings. The van der Waals surface area contributed by atoms with Crippen LogP contribution >= 0.6 is 0 Å². The van der Waals surface area contributed by atoms with Gasteiger partial charge in [-0.3, -0.25) is 4.79 Å². The number of ether oxygens (including phenoxy) is 3. The van der Waals surface area contributed by atoms with Gasteiger partial charge >= 0.3 is 12.1 Å². The molecule has 1 rings (SSSR count). The van der Waals surface area contributed by atoms with Gasteiger partial charge in [0.05, 0.1) is 20.3 Å². The summed E-state index contributed by atoms with van der Waals surface area (Å²) in [7, 11) is 1.24. The zero-order chi connectivity index (χ0) is 11.1. The SMILES string of the molecule is COC(=O)NCC(=O)OC1CCOCC1. The summed E-state index contributed by atoms with van der Waals surface area (Å²) in [5.41, 5.74) is 0. The molecule has 6 nitrogen and oxygen atoms in total. The Kier molecular flexibility index (Phi) is 4.89. The monoisotopic (exact) mass is 217 g/mol. The molecule has 1 amide bonds. The molecule has 0 atom stereocenters. The number of rotatable bonds is 3. The molecule has 0 saturated carbocycles. The Labute approximate surface area is 87.9 Å². The second-order valence-electron chi connectivity index (χ2n) is 3.15. The lowest BCUT2D eigenvalue weighted by molar-refractivity contribution is -0.151. The van der Waals surface area contributed by atoms with E-state index in [1.807, 2.05) is 0 Å². The van der Waals surface area contributed by atoms with E-state index in [2.05, 4.69) is 10.1 Å². The Morgan fingerprint density at radius 1 is 1.40 bits per heavy atom. The average Bonchev–Trinajstić information content (AvgIpc) is 2.27. The van der Waals surface area contributed by atoms with Gasteiger partial charge in [-0.2, -0.15) is 0 Å². The van der Waals surface area contributed by atoms with Crippen LogP contribution in [0.15, 0.2) is 0 Å². The molecule has 15 heavy (non-hydrogen) atoms. The molecule has 0 aromatic heterocycles. The number of hydrogen-bond donors (Lipinski definition) is 1. The molecule has 1 saturated heterocycles. The van der Waals surface area contributed by atoms with Gasteiger partial charge in [0.2, 0.25) is 0 Å². The second kappa shape index (κ2) is 6.23. The standard InChI is InChI=1S/C9H15NO5/c1-13-9(12)10-6-8(11)15-7-2-4-14-5-3-7/h7H,2-6H2,1H3,(H,10,12). The third kappa shape index (κ3) is 4.64. The van der Waals surface area contributed by atoms with Crippen LogP contribution in [0, 0.1) is 0 Å². The molecule has 0 aromatic rings. The van der Waals surface area contributed by atoms with Crippen LogP contribution < -0.4 is 5.32 Å². The molecule has 1 N–H and O–H groups in total. The normalized spacial score (nSPS) is 16.9. The van der Waals surface area contributed by atoms with Gasteiger partial charge in [-0.25, -0.2) is 4.79 Å². The van der Waals surface area contributed by atoms with Crippen LogP contribution in [0.5, 0.6) is 0 Å². The third-order valence-electron chi connectivity index (χ3n) is 2.03. The second-order valence-corrected chi connectivity index (χ2v) is 3.15. The van der Waals surface area contributed by atoms with Gasteiger partial charge in [-0.15, -0.1) is 0 Å². The number of carbonyl (C=O) groups is 2. The molecule has 0 radical (unpaired) electrons. The molecule has 0 aromatic carbocycles. The highest BCUT2D eigenvalue weighted by Gasteiger charge is 2.18. The first-order chi connectivity index (χ1) is 7.22. The summed E-state index contributed by atoms with van der Waals surface area (Å²) in [6, 6.07) is 0. The van der Waals surface area contributed by atoms with Crippen LogP contribution in [-0.4, -0.2) is 45.0 Å². The van der Waals surface area contributed by atoms with E-state index in [0.717, 1.165) is 0 Å². The molecule has 0 spiro atoms. The minimum absolute atomic E-state index is 0.0919. The van der Waals surface area contributed by atoms with Crippen molar-refractivity contribution in [3.63, 3.8) is 0 Å². The number of amides is 1. The van der Waals surface area contributed by atoms with Crippen molar-refractivity contribution < 1.29 is 23.8 Å². The lowest BCUT2D eigenvalue weighted by atomic mass is 10.1. The third-order valence-corrected chi connectivity index (χ3v) is 2.03. The van der Waals surface area contributed by atoms with Crippen molar-refractivity contribution in [1.82, 2.24) is 5.32 Å². The van der Waals surface area contributed by atoms with Gasteiger partial charge in [0.1, 0.15) is 12.6 Å². The average molecular weight is 217 g/mol. The number of carbonyl (C=O) groups excluding carboxylic acids is 2. The van der Waals surface area contributed by atoms with Crippen LogP contribution in [0.4, 0.5) is 4.79 Å². The van der Waals surface area contributed by atoms with Crippen molar-refractivity contribution in [2.24, 2.45) is 0 Å². The fourth-order valence-electron chi connectivity index (χ4n) is 1.24. The molecule has 6 heteroatoms. The van der Waals surface area contributed by atoms with E-state index in [1.54, 1.807) is 0 Å². The highest BCUT2D eigenvalue weighted by atomic mass is 16.6. The maximum absolute atomic E-state index is 11.2. The molecule has 1 aliphatic rings. The first kappa shape index (κ1) is 11.8. The number of methoxy groups -OCH3 is 1. The van der Waals surface area contributed by atoms with E-state index in [1.165, 1.54) is 7.11 Å². The van der Waals surface area contributed by atoms with Gasteiger partial charge in [0, 0.05) is 12.8 Å². The Hall–Kier alpha value is -1.30. The van der Waals surface area contributed by atoms with E-state index < -0.39 is 12.1 Å². The molecule has 0 aliphatic carbocycles. The largest absolute Gasteiger partial charge is 0.461 e. The Morgan fingerprint density at radius 2 is 2.07 bits per heavy atom. The van der Waals surface area contributed by atoms with Crippen LogP contribution in [-0.2, 0) is 19.0 Å². The molecule has 0 bridgehead atoms. The number of alkyl carbamates (subject to hydrolysis) is 1. The predicted octanol–water partition coefficient (Wildman–Crippen LogP) is 0.0646. The molecule has 0 unspecified atom stereocenters. The Morgan fingerprint density at radius 3 is 2.67 bits per heavy atom. The van der Waals surface area contributed by atoms with Crippen molar-refractivity contribution in [3.8, 4) is 0 Å². The zero-order valence-electron chi connectivity index (χ0n) is 8.65. The molecule has 86 valence electrons. The summed E-state index contributed by atoms with van der Waals surface area (Å²) >= 11 is 0. The maximum atomic E-state index is 11.2. The van der Waals surface area contributed by atoms with Crippen LogP contribution in [0.1, 0.15) is 12.8 Å². The summed E-state index contributed by atoms with van der Waals surface area (Å²) in [4.78, 5) is 21.8. The first-order valence-corrected chi connectivity index (χ1v) is 4.81. The highest BCUT2D eigenvalue weighted by molar-refractivity contribution is 5.77. The lowest BCUT2D eigenvalue weighted by Gasteiger charge is -2.22. The van der Waals surface area contributed by atoms with Gasteiger partial charge in [0.25, 0.3) is 0 Å². The van der Waals surface area contributed by atoms with Crippen LogP contribution in [0.3, 0.4) is 0 Å². The van der Waals surface area contributed by atoms with Crippen LogP contribution in [0.25, 0.3) is 0 Å². The van der Waals surface area contributed by atoms with Gasteiger partial charge in [-0.1, -0.05) is 0 Å². The number of esters is 1. The van der Waals surface area contributed by atoms with E-state index >= 15 is 0 Å². The number of hydrogen-bond acceptors (Lipinski definition) is 5. The fourth-order valence-corrected chi connectivity index (χ4v) is 1.24. The van der Waals surface area contributed by atoms with Crippen molar-refractivity contribution in [2.75, 3.05) is 26.9 Å². The summed E-state index contributed by atoms with van der Waals surface area (Å²) < 4.78 is 14.5. The number of nitrogens with one attached hydrogen (secondary N) is 1. The van der Waals surface area contributed by atoms with Gasteiger partial charge < -0.3 is 19.5 Å². The van der Waals surface area contributed by atoms with E-state index in [-0.39, 0.29) is 12.6 Å². The van der Waals surface area contributed by atoms with Crippen LogP contribution in [0.2, 0.25) is 0 Å². The maximum Gasteiger partial charge on any atom is 0.407 e. The molecule has 1 aliphatic heterocycles. The zero-order valence-corrected chi connectivity index (χ0v) is 8.65. The van der Waals surface area contributed by atoms with Crippen molar-refractivity contribution in [2.45, 2.75) is 18.9 Å². The van der Waals surface area contributed by atoms with E-state index in [9.17, 15) is 9.59 Å². The van der Waals surface area contributed by atoms with Crippen molar-refractivity contribution in [1.29, 1.82) is 0 Å². The van der Waals surface area contributed by atoms with E-state index in [0.29, 0.717) is 26.1 Å². The summed E-state index contributed by atoms with van der Waals surface area (Å²) in [6.07, 6.45) is 0.693. The van der Waals surface area contributed by atoms with E-state index in [4.69, 9.17) is 9.47 Å². The molecule has 1 heterocycles. The molecular weight excluding hydrogens is 202 g/mol. The molecular formula is C9H15NO5. The van der Waals surface area contributed by atoms with Gasteiger partial charge in [0.15, 0.2) is 0 Å². The summed E-state index contributed by atoms with van der Waals surface area (Å²) in [5.74, 6) is -0.452. The van der Waals surface area contributed by atoms with Crippen molar-refractivity contribution in [3.05, 3.63) is 0 Å².